The zero-order valence-corrected chi connectivity index (χ0v) is 11.1. The molecule has 1 aromatic heterocycles. The van der Waals surface area contributed by atoms with E-state index in [4.69, 9.17) is 0 Å². The highest BCUT2D eigenvalue weighted by Crippen LogP contribution is 2.36. The smallest absolute Gasteiger partial charge is 0.0496 e. The third kappa shape index (κ3) is 1.69. The summed E-state index contributed by atoms with van der Waals surface area (Å²) in [4.78, 5) is 0. The average Bonchev–Trinajstić information content (AvgIpc) is 2.48. The molecule has 2 rings (SSSR count). The van der Waals surface area contributed by atoms with Gasteiger partial charge in [-0.15, -0.1) is 11.3 Å². The lowest BCUT2D eigenvalue weighted by Crippen LogP contribution is -1.79. The molecule has 0 aliphatic heterocycles. The minimum atomic E-state index is 1.08. The van der Waals surface area contributed by atoms with E-state index in [1.807, 2.05) is 0 Å². The molecule has 68 valence electrons. The molecular formula is C10H8Br2S. The molecule has 2 aromatic rings. The highest BCUT2D eigenvalue weighted by atomic mass is 79.9. The number of thiophene rings is 1. The first kappa shape index (κ1) is 9.69. The third-order valence-electron chi connectivity index (χ3n) is 2.05. The minimum Gasteiger partial charge on any atom is -0.141 e. The Labute approximate surface area is 98.2 Å². The Balaban J connectivity index is 2.80. The van der Waals surface area contributed by atoms with Gasteiger partial charge in [0.15, 0.2) is 0 Å². The van der Waals surface area contributed by atoms with Crippen LogP contribution in [0, 0.1) is 0 Å². The topological polar surface area (TPSA) is 0 Å². The highest BCUT2D eigenvalue weighted by molar-refractivity contribution is 9.11. The lowest BCUT2D eigenvalue weighted by Gasteiger charge is -2.00. The van der Waals surface area contributed by atoms with Gasteiger partial charge in [0.05, 0.1) is 0 Å². The number of rotatable bonds is 1. The maximum atomic E-state index is 3.59. The van der Waals surface area contributed by atoms with Crippen molar-refractivity contribution in [2.24, 2.45) is 0 Å². The van der Waals surface area contributed by atoms with Gasteiger partial charge in [-0.05, 0) is 56.0 Å². The average molecular weight is 320 g/mol. The number of halogens is 2. The molecule has 0 unspecified atom stereocenters. The third-order valence-corrected chi connectivity index (χ3v) is 4.93. The number of hydrogen-bond donors (Lipinski definition) is 0. The largest absolute Gasteiger partial charge is 0.141 e. The molecule has 0 radical (unpaired) electrons. The molecule has 0 aliphatic carbocycles. The van der Waals surface area contributed by atoms with Crippen LogP contribution < -0.4 is 0 Å². The Morgan fingerprint density at radius 1 is 1.23 bits per heavy atom. The van der Waals surface area contributed by atoms with Crippen LogP contribution in [-0.2, 0) is 6.42 Å². The number of fused-ring (bicyclic) bond motifs is 1. The summed E-state index contributed by atoms with van der Waals surface area (Å²) in [6.07, 6.45) is 1.08. The van der Waals surface area contributed by atoms with Crippen molar-refractivity contribution in [1.29, 1.82) is 0 Å². The summed E-state index contributed by atoms with van der Waals surface area (Å²) in [5.41, 5.74) is 1.37. The molecule has 0 nitrogen and oxygen atoms in total. The van der Waals surface area contributed by atoms with Gasteiger partial charge in [-0.1, -0.05) is 6.92 Å². The Kier molecular flexibility index (Phi) is 2.77. The molecular weight excluding hydrogens is 312 g/mol. The first-order chi connectivity index (χ1) is 6.22. The molecule has 0 aliphatic rings. The van der Waals surface area contributed by atoms with E-state index in [-0.39, 0.29) is 0 Å². The Morgan fingerprint density at radius 3 is 2.69 bits per heavy atom. The van der Waals surface area contributed by atoms with E-state index < -0.39 is 0 Å². The maximum Gasteiger partial charge on any atom is 0.0496 e. The summed E-state index contributed by atoms with van der Waals surface area (Å²) >= 11 is 8.91. The molecule has 1 aromatic carbocycles. The minimum absolute atomic E-state index is 1.08. The van der Waals surface area contributed by atoms with Gasteiger partial charge in [-0.25, -0.2) is 0 Å². The Hall–Kier alpha value is 0.140. The fraction of sp³-hybridized carbons (Fsp3) is 0.200. The van der Waals surface area contributed by atoms with Crippen molar-refractivity contribution in [2.75, 3.05) is 0 Å². The lowest BCUT2D eigenvalue weighted by atomic mass is 10.1. The van der Waals surface area contributed by atoms with Crippen LogP contribution in [0.5, 0.6) is 0 Å². The number of benzene rings is 1. The van der Waals surface area contributed by atoms with Crippen molar-refractivity contribution in [1.82, 2.24) is 0 Å². The van der Waals surface area contributed by atoms with Crippen LogP contribution in [0.1, 0.15) is 12.5 Å². The van der Waals surface area contributed by atoms with E-state index in [9.17, 15) is 0 Å². The van der Waals surface area contributed by atoms with Gasteiger partial charge in [0.2, 0.25) is 0 Å². The van der Waals surface area contributed by atoms with Crippen LogP contribution >= 0.6 is 43.2 Å². The number of aryl methyl sites for hydroxylation is 1. The standard InChI is InChI=1S/C10H8Br2S/c1-2-6-3-7-9(12)5-13-10(7)8(11)4-6/h3-5H,2H2,1H3. The van der Waals surface area contributed by atoms with Gasteiger partial charge in [0.25, 0.3) is 0 Å². The first-order valence-corrected chi connectivity index (χ1v) is 6.54. The summed E-state index contributed by atoms with van der Waals surface area (Å²) in [6.45, 7) is 2.17. The first-order valence-electron chi connectivity index (χ1n) is 4.07. The van der Waals surface area contributed by atoms with E-state index in [0.29, 0.717) is 0 Å². The predicted molar refractivity (Wildman–Crippen MR) is 66.6 cm³/mol. The van der Waals surface area contributed by atoms with Crippen LogP contribution in [0.4, 0.5) is 0 Å². The highest BCUT2D eigenvalue weighted by Gasteiger charge is 2.06. The second-order valence-corrected chi connectivity index (χ2v) is 5.48. The van der Waals surface area contributed by atoms with E-state index >= 15 is 0 Å². The van der Waals surface area contributed by atoms with Crippen molar-refractivity contribution in [3.63, 3.8) is 0 Å². The van der Waals surface area contributed by atoms with Crippen molar-refractivity contribution < 1.29 is 0 Å². The quantitative estimate of drug-likeness (QED) is 0.694. The maximum absolute atomic E-state index is 3.59. The molecule has 0 spiro atoms. The monoisotopic (exact) mass is 318 g/mol. The second-order valence-electron chi connectivity index (χ2n) is 2.89. The van der Waals surface area contributed by atoms with Crippen LogP contribution in [0.3, 0.4) is 0 Å². The van der Waals surface area contributed by atoms with Gasteiger partial charge < -0.3 is 0 Å². The molecule has 0 atom stereocenters. The predicted octanol–water partition coefficient (Wildman–Crippen LogP) is 4.99. The van der Waals surface area contributed by atoms with Crippen molar-refractivity contribution in [2.45, 2.75) is 13.3 Å². The molecule has 0 amide bonds. The second kappa shape index (κ2) is 3.71. The molecule has 0 N–H and O–H groups in total. The van der Waals surface area contributed by atoms with Crippen LogP contribution in [0.2, 0.25) is 0 Å². The normalized spacial score (nSPS) is 11.0. The Morgan fingerprint density at radius 2 is 2.00 bits per heavy atom. The number of hydrogen-bond acceptors (Lipinski definition) is 1. The van der Waals surface area contributed by atoms with Crippen LogP contribution in [0.25, 0.3) is 10.1 Å². The molecule has 1 heterocycles. The van der Waals surface area contributed by atoms with Gasteiger partial charge in [-0.2, -0.15) is 0 Å². The fourth-order valence-corrected chi connectivity index (χ4v) is 3.65. The van der Waals surface area contributed by atoms with E-state index in [2.05, 4.69) is 56.3 Å². The zero-order chi connectivity index (χ0) is 9.42. The molecule has 0 bridgehead atoms. The van der Waals surface area contributed by atoms with E-state index in [1.165, 1.54) is 24.6 Å². The van der Waals surface area contributed by atoms with E-state index in [1.54, 1.807) is 11.3 Å². The van der Waals surface area contributed by atoms with Crippen LogP contribution in [-0.4, -0.2) is 0 Å². The summed E-state index contributed by atoms with van der Waals surface area (Å²) in [7, 11) is 0. The zero-order valence-electron chi connectivity index (χ0n) is 7.10. The summed E-state index contributed by atoms with van der Waals surface area (Å²) < 4.78 is 3.73. The molecule has 0 fully saturated rings. The Bertz CT molecular complexity index is 445. The summed E-state index contributed by atoms with van der Waals surface area (Å²) in [5, 5.41) is 3.45. The lowest BCUT2D eigenvalue weighted by molar-refractivity contribution is 1.14. The van der Waals surface area contributed by atoms with E-state index in [0.717, 1.165) is 6.42 Å². The summed E-state index contributed by atoms with van der Waals surface area (Å²) in [6, 6.07) is 4.45. The summed E-state index contributed by atoms with van der Waals surface area (Å²) in [5.74, 6) is 0. The molecule has 13 heavy (non-hydrogen) atoms. The van der Waals surface area contributed by atoms with Gasteiger partial charge in [0, 0.05) is 24.4 Å². The van der Waals surface area contributed by atoms with Gasteiger partial charge >= 0.3 is 0 Å². The SMILES string of the molecule is CCc1cc(Br)c2scc(Br)c2c1. The van der Waals surface area contributed by atoms with Crippen molar-refractivity contribution in [3.8, 4) is 0 Å². The van der Waals surface area contributed by atoms with Crippen molar-refractivity contribution >= 4 is 53.3 Å². The van der Waals surface area contributed by atoms with Gasteiger partial charge in [-0.3, -0.25) is 0 Å². The molecule has 0 saturated carbocycles. The van der Waals surface area contributed by atoms with Crippen LogP contribution in [0.15, 0.2) is 26.5 Å². The van der Waals surface area contributed by atoms with Crippen molar-refractivity contribution in [3.05, 3.63) is 32.0 Å². The van der Waals surface area contributed by atoms with Gasteiger partial charge in [0.1, 0.15) is 0 Å². The molecule has 3 heteroatoms. The molecule has 0 saturated heterocycles. The fourth-order valence-electron chi connectivity index (χ4n) is 1.33.